The van der Waals surface area contributed by atoms with Crippen molar-refractivity contribution in [3.63, 3.8) is 0 Å². The summed E-state index contributed by atoms with van der Waals surface area (Å²) in [6.07, 6.45) is -0.122. The second-order valence-corrected chi connectivity index (χ2v) is 5.59. The third kappa shape index (κ3) is 5.59. The average molecular weight is 328 g/mol. The number of hydrogen-bond donors (Lipinski definition) is 3. The molecule has 0 saturated carbocycles. The summed E-state index contributed by atoms with van der Waals surface area (Å²) in [6.45, 7) is 4.65. The lowest BCUT2D eigenvalue weighted by atomic mass is 10.1. The van der Waals surface area contributed by atoms with Crippen LogP contribution in [0.15, 0.2) is 48.5 Å². The van der Waals surface area contributed by atoms with Gasteiger partial charge in [0.15, 0.2) is 0 Å². The summed E-state index contributed by atoms with van der Waals surface area (Å²) in [5.74, 6) is 0.807. The van der Waals surface area contributed by atoms with Gasteiger partial charge in [-0.05, 0) is 43.2 Å². The van der Waals surface area contributed by atoms with E-state index in [1.165, 1.54) is 0 Å². The first-order valence-corrected chi connectivity index (χ1v) is 8.08. The Morgan fingerprint density at radius 1 is 1.21 bits per heavy atom. The largest absolute Gasteiger partial charge is 0.494 e. The SMILES string of the molecule is CCOc1ccc(NC(=O)NCC(O)Cc2ccccc2)cc1C. The van der Waals surface area contributed by atoms with Gasteiger partial charge in [0.2, 0.25) is 0 Å². The van der Waals surface area contributed by atoms with E-state index in [1.807, 2.05) is 56.3 Å². The molecule has 128 valence electrons. The monoisotopic (exact) mass is 328 g/mol. The highest BCUT2D eigenvalue weighted by atomic mass is 16.5. The topological polar surface area (TPSA) is 70.6 Å². The maximum absolute atomic E-state index is 11.9. The van der Waals surface area contributed by atoms with E-state index in [1.54, 1.807) is 6.07 Å². The summed E-state index contributed by atoms with van der Waals surface area (Å²) in [5.41, 5.74) is 2.68. The van der Waals surface area contributed by atoms with Crippen molar-refractivity contribution in [1.82, 2.24) is 5.32 Å². The van der Waals surface area contributed by atoms with Crippen LogP contribution in [0, 0.1) is 6.92 Å². The summed E-state index contributed by atoms with van der Waals surface area (Å²) >= 11 is 0. The molecule has 1 unspecified atom stereocenters. The van der Waals surface area contributed by atoms with Crippen LogP contribution >= 0.6 is 0 Å². The predicted octanol–water partition coefficient (Wildman–Crippen LogP) is 3.12. The normalized spacial score (nSPS) is 11.6. The van der Waals surface area contributed by atoms with Crippen LogP contribution in [0.1, 0.15) is 18.1 Å². The Hall–Kier alpha value is -2.53. The highest BCUT2D eigenvalue weighted by Crippen LogP contribution is 2.21. The van der Waals surface area contributed by atoms with Gasteiger partial charge in [0, 0.05) is 18.7 Å². The third-order valence-electron chi connectivity index (χ3n) is 3.55. The van der Waals surface area contributed by atoms with Crippen LogP contribution in [0.2, 0.25) is 0 Å². The number of anilines is 1. The Kier molecular flexibility index (Phi) is 6.63. The zero-order valence-electron chi connectivity index (χ0n) is 14.1. The highest BCUT2D eigenvalue weighted by molar-refractivity contribution is 5.89. The van der Waals surface area contributed by atoms with Crippen molar-refractivity contribution >= 4 is 11.7 Å². The fourth-order valence-electron chi connectivity index (χ4n) is 2.39. The molecular formula is C19H24N2O3. The molecule has 0 saturated heterocycles. The molecule has 5 heteroatoms. The average Bonchev–Trinajstić information content (AvgIpc) is 2.56. The van der Waals surface area contributed by atoms with Gasteiger partial charge in [0.1, 0.15) is 5.75 Å². The molecule has 24 heavy (non-hydrogen) atoms. The fourth-order valence-corrected chi connectivity index (χ4v) is 2.39. The lowest BCUT2D eigenvalue weighted by molar-refractivity contribution is 0.172. The number of aliphatic hydroxyl groups is 1. The summed E-state index contributed by atoms with van der Waals surface area (Å²) in [4.78, 5) is 11.9. The number of aryl methyl sites for hydroxylation is 1. The van der Waals surface area contributed by atoms with Crippen molar-refractivity contribution in [2.75, 3.05) is 18.5 Å². The Balaban J connectivity index is 1.79. The van der Waals surface area contributed by atoms with E-state index in [0.29, 0.717) is 18.7 Å². The first-order chi connectivity index (χ1) is 11.6. The van der Waals surface area contributed by atoms with E-state index in [4.69, 9.17) is 4.74 Å². The molecule has 0 bridgehead atoms. The van der Waals surface area contributed by atoms with Crippen molar-refractivity contribution in [3.05, 3.63) is 59.7 Å². The van der Waals surface area contributed by atoms with Crippen LogP contribution in [-0.4, -0.2) is 30.4 Å². The van der Waals surface area contributed by atoms with Gasteiger partial charge in [-0.25, -0.2) is 4.79 Å². The van der Waals surface area contributed by atoms with Crippen LogP contribution < -0.4 is 15.4 Å². The molecule has 0 spiro atoms. The summed E-state index contributed by atoms with van der Waals surface area (Å²) in [6, 6.07) is 14.8. The second kappa shape index (κ2) is 8.93. The number of amides is 2. The molecule has 1 atom stereocenters. The molecule has 0 aromatic heterocycles. The van der Waals surface area contributed by atoms with E-state index >= 15 is 0 Å². The van der Waals surface area contributed by atoms with Crippen LogP contribution in [0.3, 0.4) is 0 Å². The molecule has 0 aliphatic rings. The summed E-state index contributed by atoms with van der Waals surface area (Å²) in [7, 11) is 0. The van der Waals surface area contributed by atoms with Gasteiger partial charge in [-0.2, -0.15) is 0 Å². The molecule has 2 rings (SSSR count). The molecule has 0 fully saturated rings. The molecule has 5 nitrogen and oxygen atoms in total. The van der Waals surface area contributed by atoms with Gasteiger partial charge in [-0.1, -0.05) is 30.3 Å². The van der Waals surface area contributed by atoms with Gasteiger partial charge >= 0.3 is 6.03 Å². The fraction of sp³-hybridized carbons (Fsp3) is 0.316. The van der Waals surface area contributed by atoms with E-state index < -0.39 is 6.10 Å². The van der Waals surface area contributed by atoms with Crippen LogP contribution in [0.5, 0.6) is 5.75 Å². The van der Waals surface area contributed by atoms with Crippen molar-refractivity contribution in [3.8, 4) is 5.75 Å². The third-order valence-corrected chi connectivity index (χ3v) is 3.55. The van der Waals surface area contributed by atoms with Gasteiger partial charge in [-0.3, -0.25) is 0 Å². The number of nitrogens with one attached hydrogen (secondary N) is 2. The van der Waals surface area contributed by atoms with E-state index in [9.17, 15) is 9.90 Å². The lowest BCUT2D eigenvalue weighted by Crippen LogP contribution is -2.36. The van der Waals surface area contributed by atoms with Crippen molar-refractivity contribution < 1.29 is 14.6 Å². The molecule has 3 N–H and O–H groups in total. The number of carbonyl (C=O) groups excluding carboxylic acids is 1. The number of hydrogen-bond acceptors (Lipinski definition) is 3. The van der Waals surface area contributed by atoms with Crippen LogP contribution in [0.25, 0.3) is 0 Å². The molecule has 0 heterocycles. The second-order valence-electron chi connectivity index (χ2n) is 5.59. The molecular weight excluding hydrogens is 304 g/mol. The van der Waals surface area contributed by atoms with E-state index in [0.717, 1.165) is 16.9 Å². The Morgan fingerprint density at radius 2 is 1.96 bits per heavy atom. The van der Waals surface area contributed by atoms with Gasteiger partial charge in [0.25, 0.3) is 0 Å². The van der Waals surface area contributed by atoms with Crippen LogP contribution in [-0.2, 0) is 6.42 Å². The molecule has 0 aliphatic heterocycles. The number of benzene rings is 2. The minimum atomic E-state index is -0.625. The van der Waals surface area contributed by atoms with Crippen molar-refractivity contribution in [2.24, 2.45) is 0 Å². The van der Waals surface area contributed by atoms with Gasteiger partial charge in [-0.15, -0.1) is 0 Å². The lowest BCUT2D eigenvalue weighted by Gasteiger charge is -2.14. The maximum atomic E-state index is 11.9. The first-order valence-electron chi connectivity index (χ1n) is 8.08. The Bertz CT molecular complexity index is 659. The zero-order chi connectivity index (χ0) is 17.4. The van der Waals surface area contributed by atoms with Crippen molar-refractivity contribution in [1.29, 1.82) is 0 Å². The molecule has 0 radical (unpaired) electrons. The standard InChI is InChI=1S/C19H24N2O3/c1-3-24-18-10-9-16(11-14(18)2)21-19(23)20-13-17(22)12-15-7-5-4-6-8-15/h4-11,17,22H,3,12-13H2,1-2H3,(H2,20,21,23). The summed E-state index contributed by atoms with van der Waals surface area (Å²) in [5, 5.41) is 15.4. The number of ether oxygens (including phenoxy) is 1. The molecule has 0 aliphatic carbocycles. The Morgan fingerprint density at radius 3 is 2.62 bits per heavy atom. The van der Waals surface area contributed by atoms with Gasteiger partial charge < -0.3 is 20.5 Å². The minimum absolute atomic E-state index is 0.191. The number of carbonyl (C=O) groups is 1. The molecule has 2 aromatic carbocycles. The zero-order valence-corrected chi connectivity index (χ0v) is 14.1. The molecule has 2 amide bonds. The quantitative estimate of drug-likeness (QED) is 0.731. The van der Waals surface area contributed by atoms with Gasteiger partial charge in [0.05, 0.1) is 12.7 Å². The van der Waals surface area contributed by atoms with Crippen LogP contribution in [0.4, 0.5) is 10.5 Å². The predicted molar refractivity (Wildman–Crippen MR) is 95.5 cm³/mol. The van der Waals surface area contributed by atoms with Crippen molar-refractivity contribution in [2.45, 2.75) is 26.4 Å². The Labute approximate surface area is 142 Å². The highest BCUT2D eigenvalue weighted by Gasteiger charge is 2.09. The number of aliphatic hydroxyl groups excluding tert-OH is 1. The molecule has 2 aromatic rings. The smallest absolute Gasteiger partial charge is 0.319 e. The summed E-state index contributed by atoms with van der Waals surface area (Å²) < 4.78 is 5.47. The number of urea groups is 1. The minimum Gasteiger partial charge on any atom is -0.494 e. The maximum Gasteiger partial charge on any atom is 0.319 e. The van der Waals surface area contributed by atoms with E-state index in [2.05, 4.69) is 10.6 Å². The first kappa shape index (κ1) is 17.8. The number of rotatable bonds is 7. The van der Waals surface area contributed by atoms with E-state index in [-0.39, 0.29) is 12.6 Å².